The average Bonchev–Trinajstić information content (AvgIpc) is 2.84. The molecular formula is C25H27N3O4S. The molecule has 2 aliphatic heterocycles. The maximum absolute atomic E-state index is 13.4. The largest absolute Gasteiger partial charge is 0.360 e. The second kappa shape index (κ2) is 8.43. The molecule has 3 aromatic rings. The Kier molecular flexibility index (Phi) is 5.58. The van der Waals surface area contributed by atoms with Gasteiger partial charge in [0.25, 0.3) is 5.91 Å². The molecule has 0 unspecified atom stereocenters. The number of H-pyrrole nitrogens is 1. The van der Waals surface area contributed by atoms with Crippen molar-refractivity contribution >= 4 is 26.8 Å². The number of fused-ring (bicyclic) bond motifs is 2. The monoisotopic (exact) mass is 465 g/mol. The average molecular weight is 466 g/mol. The van der Waals surface area contributed by atoms with E-state index in [1.165, 1.54) is 22.6 Å². The molecule has 1 amide bonds. The lowest BCUT2D eigenvalue weighted by atomic mass is 9.98. The number of pyridine rings is 1. The van der Waals surface area contributed by atoms with Gasteiger partial charge in [0.2, 0.25) is 15.5 Å². The molecule has 3 heterocycles. The van der Waals surface area contributed by atoms with Crippen LogP contribution in [0.2, 0.25) is 0 Å². The first-order valence-corrected chi connectivity index (χ1v) is 12.8. The molecule has 0 aliphatic carbocycles. The van der Waals surface area contributed by atoms with Crippen LogP contribution in [0.3, 0.4) is 0 Å². The lowest BCUT2D eigenvalue weighted by Gasteiger charge is -2.30. The van der Waals surface area contributed by atoms with Gasteiger partial charge in [-0.3, -0.25) is 9.59 Å². The van der Waals surface area contributed by atoms with Gasteiger partial charge >= 0.3 is 0 Å². The molecule has 2 aliphatic rings. The molecule has 0 saturated carbocycles. The molecule has 1 N–H and O–H groups in total. The lowest BCUT2D eigenvalue weighted by molar-refractivity contribution is 0.0696. The van der Waals surface area contributed by atoms with Crippen molar-refractivity contribution in [2.24, 2.45) is 5.92 Å². The number of hydrogen-bond donors (Lipinski definition) is 1. The molecule has 0 spiro atoms. The van der Waals surface area contributed by atoms with Crippen molar-refractivity contribution in [2.75, 3.05) is 19.6 Å². The Balaban J connectivity index is 1.48. The van der Waals surface area contributed by atoms with E-state index < -0.39 is 15.5 Å². The second-order valence-corrected chi connectivity index (χ2v) is 11.0. The van der Waals surface area contributed by atoms with Gasteiger partial charge in [-0.05, 0) is 54.5 Å². The number of amides is 1. The van der Waals surface area contributed by atoms with Crippen molar-refractivity contribution < 1.29 is 13.2 Å². The number of nitrogens with one attached hydrogen (secondary N) is 1. The van der Waals surface area contributed by atoms with Crippen LogP contribution in [0.15, 0.2) is 58.4 Å². The Morgan fingerprint density at radius 3 is 2.52 bits per heavy atom. The van der Waals surface area contributed by atoms with E-state index in [0.717, 1.165) is 24.0 Å². The molecule has 0 atom stereocenters. The van der Waals surface area contributed by atoms with Crippen LogP contribution >= 0.6 is 0 Å². The summed E-state index contributed by atoms with van der Waals surface area (Å²) >= 11 is 0. The highest BCUT2D eigenvalue weighted by atomic mass is 32.2. The summed E-state index contributed by atoms with van der Waals surface area (Å²) in [5, 5.41) is 0.213. The van der Waals surface area contributed by atoms with Crippen molar-refractivity contribution in [2.45, 2.75) is 37.6 Å². The third-order valence-electron chi connectivity index (χ3n) is 6.89. The number of carbonyl (C=O) groups is 1. The molecule has 5 rings (SSSR count). The Bertz CT molecular complexity index is 1390. The maximum atomic E-state index is 13.4. The minimum atomic E-state index is -3.79. The molecule has 1 fully saturated rings. The van der Waals surface area contributed by atoms with E-state index in [1.807, 2.05) is 24.3 Å². The fourth-order valence-corrected chi connectivity index (χ4v) is 6.17. The zero-order valence-corrected chi connectivity index (χ0v) is 19.4. The molecule has 0 radical (unpaired) electrons. The van der Waals surface area contributed by atoms with Crippen LogP contribution in [0.4, 0.5) is 0 Å². The number of carbonyl (C=O) groups excluding carboxylic acids is 1. The Morgan fingerprint density at radius 2 is 1.76 bits per heavy atom. The van der Waals surface area contributed by atoms with E-state index in [0.29, 0.717) is 44.0 Å². The number of likely N-dealkylation sites (tertiary alicyclic amines) is 1. The number of benzene rings is 2. The highest BCUT2D eigenvalue weighted by Crippen LogP contribution is 2.26. The molecular weight excluding hydrogens is 438 g/mol. The normalized spacial score (nSPS) is 17.8. The van der Waals surface area contributed by atoms with Gasteiger partial charge in [0.05, 0.1) is 4.90 Å². The van der Waals surface area contributed by atoms with Crippen molar-refractivity contribution in [1.82, 2.24) is 14.2 Å². The number of aromatic amines is 1. The SMILES string of the molecule is CC1CCN(C(=O)c2c[nH]c3ccc(S(=O)(=O)N4CCc5ccccc5C4)cc3c2=O)CC1. The summed E-state index contributed by atoms with van der Waals surface area (Å²) in [4.78, 5) is 31.0. The molecule has 2 aromatic carbocycles. The quantitative estimate of drug-likeness (QED) is 0.643. The van der Waals surface area contributed by atoms with Crippen LogP contribution in [0.5, 0.6) is 0 Å². The van der Waals surface area contributed by atoms with Gasteiger partial charge in [-0.25, -0.2) is 8.42 Å². The van der Waals surface area contributed by atoms with Gasteiger partial charge in [-0.1, -0.05) is 31.2 Å². The molecule has 172 valence electrons. The third kappa shape index (κ3) is 3.98. The number of nitrogens with zero attached hydrogens (tertiary/aromatic N) is 2. The second-order valence-electron chi connectivity index (χ2n) is 9.07. The van der Waals surface area contributed by atoms with Crippen LogP contribution in [0, 0.1) is 5.92 Å². The topological polar surface area (TPSA) is 90.6 Å². The number of aromatic nitrogens is 1. The van der Waals surface area contributed by atoms with Gasteiger partial charge in [-0.15, -0.1) is 0 Å². The number of rotatable bonds is 3. The standard InChI is InChI=1S/C25H27N3O4S/c1-17-8-11-27(12-9-17)25(30)22-15-26-23-7-6-20(14-21(23)24(22)29)33(31,32)28-13-10-18-4-2-3-5-19(18)16-28/h2-7,14-15,17H,8-13,16H2,1H3,(H,26,29). The fraction of sp³-hybridized carbons (Fsp3) is 0.360. The van der Waals surface area contributed by atoms with E-state index >= 15 is 0 Å². The lowest BCUT2D eigenvalue weighted by Crippen LogP contribution is -2.40. The van der Waals surface area contributed by atoms with Crippen molar-refractivity contribution in [1.29, 1.82) is 0 Å². The first kappa shape index (κ1) is 21.9. The van der Waals surface area contributed by atoms with Crippen molar-refractivity contribution in [3.63, 3.8) is 0 Å². The zero-order valence-electron chi connectivity index (χ0n) is 18.6. The van der Waals surface area contributed by atoms with Crippen LogP contribution in [-0.4, -0.2) is 48.1 Å². The summed E-state index contributed by atoms with van der Waals surface area (Å²) < 4.78 is 28.2. The first-order chi connectivity index (χ1) is 15.8. The van der Waals surface area contributed by atoms with Crippen LogP contribution < -0.4 is 5.43 Å². The minimum absolute atomic E-state index is 0.0542. The molecule has 0 bridgehead atoms. The minimum Gasteiger partial charge on any atom is -0.360 e. The molecule has 1 saturated heterocycles. The number of piperidine rings is 1. The number of sulfonamides is 1. The number of hydrogen-bond acceptors (Lipinski definition) is 4. The molecule has 33 heavy (non-hydrogen) atoms. The van der Waals surface area contributed by atoms with E-state index in [-0.39, 0.29) is 21.8 Å². The first-order valence-electron chi connectivity index (χ1n) is 11.4. The maximum Gasteiger partial charge on any atom is 0.259 e. The predicted octanol–water partition coefficient (Wildman–Crippen LogP) is 3.15. The summed E-state index contributed by atoms with van der Waals surface area (Å²) in [5.41, 5.74) is 2.28. The molecule has 8 heteroatoms. The van der Waals surface area contributed by atoms with Crippen LogP contribution in [0.1, 0.15) is 41.3 Å². The van der Waals surface area contributed by atoms with Gasteiger partial charge in [0.1, 0.15) is 5.56 Å². The van der Waals surface area contributed by atoms with E-state index in [4.69, 9.17) is 0 Å². The molecule has 1 aromatic heterocycles. The summed E-state index contributed by atoms with van der Waals surface area (Å²) in [6.07, 6.45) is 3.93. The summed E-state index contributed by atoms with van der Waals surface area (Å²) in [5.74, 6) is 0.268. The molecule has 7 nitrogen and oxygen atoms in total. The van der Waals surface area contributed by atoms with Crippen LogP contribution in [0.25, 0.3) is 10.9 Å². The summed E-state index contributed by atoms with van der Waals surface area (Å²) in [6.45, 7) is 4.11. The van der Waals surface area contributed by atoms with Gasteiger partial charge in [-0.2, -0.15) is 4.31 Å². The van der Waals surface area contributed by atoms with Gasteiger partial charge in [0.15, 0.2) is 0 Å². The Morgan fingerprint density at radius 1 is 1.03 bits per heavy atom. The fourth-order valence-electron chi connectivity index (χ4n) is 4.72. The zero-order chi connectivity index (χ0) is 23.2. The van der Waals surface area contributed by atoms with Crippen molar-refractivity contribution in [3.05, 3.63) is 75.6 Å². The summed E-state index contributed by atoms with van der Waals surface area (Å²) in [7, 11) is -3.79. The third-order valence-corrected chi connectivity index (χ3v) is 8.73. The highest BCUT2D eigenvalue weighted by Gasteiger charge is 2.29. The Hall–Kier alpha value is -2.97. The van der Waals surface area contributed by atoms with E-state index in [9.17, 15) is 18.0 Å². The van der Waals surface area contributed by atoms with Gasteiger partial charge < -0.3 is 9.88 Å². The Labute approximate surface area is 193 Å². The summed E-state index contributed by atoms with van der Waals surface area (Å²) in [6, 6.07) is 12.4. The van der Waals surface area contributed by atoms with E-state index in [1.54, 1.807) is 11.0 Å². The highest BCUT2D eigenvalue weighted by molar-refractivity contribution is 7.89. The smallest absolute Gasteiger partial charge is 0.259 e. The van der Waals surface area contributed by atoms with Crippen LogP contribution in [-0.2, 0) is 23.0 Å². The van der Waals surface area contributed by atoms with Gasteiger partial charge in [0, 0.05) is 43.3 Å². The van der Waals surface area contributed by atoms with Crippen molar-refractivity contribution in [3.8, 4) is 0 Å². The predicted molar refractivity (Wildman–Crippen MR) is 127 cm³/mol. The van der Waals surface area contributed by atoms with E-state index in [2.05, 4.69) is 11.9 Å².